The Balaban J connectivity index is 3.45. The van der Waals surface area contributed by atoms with Gasteiger partial charge in [0.2, 0.25) is 0 Å². The van der Waals surface area contributed by atoms with Crippen molar-refractivity contribution in [3.8, 4) is 0 Å². The Morgan fingerprint density at radius 1 is 0.541 bits per heavy atom. The molecule has 0 fully saturated rings. The van der Waals surface area contributed by atoms with Gasteiger partial charge in [0.25, 0.3) is 0 Å². The maximum absolute atomic E-state index is 12.1. The van der Waals surface area contributed by atoms with Crippen molar-refractivity contribution >= 4 is 37.4 Å². The summed E-state index contributed by atoms with van der Waals surface area (Å²) >= 11 is 3.52. The summed E-state index contributed by atoms with van der Waals surface area (Å²) in [6.07, 6.45) is 23.4. The van der Waals surface area contributed by atoms with Crippen LogP contribution in [0.15, 0.2) is 0 Å². The Kier molecular flexibility index (Phi) is 29.8. The van der Waals surface area contributed by atoms with Gasteiger partial charge in [0.1, 0.15) is 0 Å². The van der Waals surface area contributed by atoms with Crippen molar-refractivity contribution in [2.24, 2.45) is 0 Å². The Morgan fingerprint density at radius 3 is 1.43 bits per heavy atom. The molecule has 0 aromatic carbocycles. The Bertz CT molecular complexity index is 465. The van der Waals surface area contributed by atoms with E-state index in [0.717, 1.165) is 49.0 Å². The van der Waals surface area contributed by atoms with Gasteiger partial charge in [0.05, 0.1) is 0 Å². The first-order valence-corrected chi connectivity index (χ1v) is 19.9. The largest absolute Gasteiger partial charge is 0.500 e. The Hall–Kier alpha value is 0.467. The molecule has 37 heavy (non-hydrogen) atoms. The van der Waals surface area contributed by atoms with Gasteiger partial charge in [-0.1, -0.05) is 109 Å². The monoisotopic (exact) mass is 578 g/mol. The summed E-state index contributed by atoms with van der Waals surface area (Å²) in [5, 5.41) is 0.389. The lowest BCUT2D eigenvalue weighted by atomic mass is 10.0. The fourth-order valence-corrected chi connectivity index (χ4v) is 9.31. The quantitative estimate of drug-likeness (QED) is 0.0624. The minimum Gasteiger partial charge on any atom is -0.374 e. The van der Waals surface area contributed by atoms with Crippen molar-refractivity contribution in [2.75, 3.05) is 37.1 Å². The lowest BCUT2D eigenvalue weighted by molar-refractivity contribution is -0.111. The van der Waals surface area contributed by atoms with Crippen LogP contribution in [0.1, 0.15) is 143 Å². The van der Waals surface area contributed by atoms with Crippen LogP contribution in [-0.2, 0) is 18.1 Å². The molecule has 4 nitrogen and oxygen atoms in total. The molecule has 0 saturated heterocycles. The normalized spacial score (nSPS) is 11.9. The molecule has 0 aromatic rings. The highest BCUT2D eigenvalue weighted by Gasteiger charge is 2.39. The first kappa shape index (κ1) is 37.5. The molecule has 7 heteroatoms. The first-order chi connectivity index (χ1) is 18.1. The van der Waals surface area contributed by atoms with Crippen LogP contribution in [0.25, 0.3) is 0 Å². The SMILES string of the molecule is CCCCCCCCCCCCCCCCCC(=O)SCCCSCCC[Si](OCC)(OCC)OCC. The van der Waals surface area contributed by atoms with E-state index in [0.29, 0.717) is 24.9 Å². The van der Waals surface area contributed by atoms with Gasteiger partial charge in [0.15, 0.2) is 5.12 Å². The molecule has 0 aliphatic carbocycles. The summed E-state index contributed by atoms with van der Waals surface area (Å²) < 4.78 is 17.8. The highest BCUT2D eigenvalue weighted by Crippen LogP contribution is 2.21. The molecule has 0 atom stereocenters. The maximum Gasteiger partial charge on any atom is 0.500 e. The zero-order chi connectivity index (χ0) is 27.3. The van der Waals surface area contributed by atoms with E-state index in [9.17, 15) is 4.79 Å². The van der Waals surface area contributed by atoms with Crippen molar-refractivity contribution in [1.29, 1.82) is 0 Å². The summed E-state index contributed by atoms with van der Waals surface area (Å²) in [6.45, 7) is 10.2. The Labute approximate surface area is 241 Å². The van der Waals surface area contributed by atoms with Crippen LogP contribution < -0.4 is 0 Å². The minimum absolute atomic E-state index is 0.389. The van der Waals surface area contributed by atoms with Gasteiger partial charge in [0, 0.05) is 38.0 Å². The van der Waals surface area contributed by atoms with Crippen molar-refractivity contribution in [3.05, 3.63) is 0 Å². The summed E-state index contributed by atoms with van der Waals surface area (Å²) in [5.74, 6) is 3.17. The number of thioether (sulfide) groups is 2. The molecular formula is C30H62O4S2Si. The van der Waals surface area contributed by atoms with Crippen LogP contribution in [0.3, 0.4) is 0 Å². The number of hydrogen-bond acceptors (Lipinski definition) is 6. The van der Waals surface area contributed by atoms with Gasteiger partial charge in [-0.3, -0.25) is 4.79 Å². The number of rotatable bonds is 30. The highest BCUT2D eigenvalue weighted by atomic mass is 32.2. The van der Waals surface area contributed by atoms with Crippen molar-refractivity contribution in [1.82, 2.24) is 0 Å². The summed E-state index contributed by atoms with van der Waals surface area (Å²) in [7, 11) is -2.49. The fraction of sp³-hybridized carbons (Fsp3) is 0.967. The second kappa shape index (κ2) is 29.4. The molecule has 0 aromatic heterocycles. The Morgan fingerprint density at radius 2 is 0.973 bits per heavy atom. The molecule has 0 rings (SSSR count). The molecule has 0 saturated carbocycles. The average molecular weight is 579 g/mol. The lowest BCUT2D eigenvalue weighted by Gasteiger charge is -2.28. The second-order valence-corrected chi connectivity index (χ2v) is 15.1. The van der Waals surface area contributed by atoms with E-state index >= 15 is 0 Å². The van der Waals surface area contributed by atoms with Crippen LogP contribution in [0.4, 0.5) is 0 Å². The van der Waals surface area contributed by atoms with Crippen LogP contribution in [0.5, 0.6) is 0 Å². The zero-order valence-electron chi connectivity index (χ0n) is 25.1. The van der Waals surface area contributed by atoms with E-state index in [2.05, 4.69) is 6.92 Å². The maximum atomic E-state index is 12.1. The molecule has 0 radical (unpaired) electrons. The van der Waals surface area contributed by atoms with Gasteiger partial charge in [-0.2, -0.15) is 11.8 Å². The van der Waals surface area contributed by atoms with Crippen molar-refractivity contribution < 1.29 is 18.1 Å². The smallest absolute Gasteiger partial charge is 0.374 e. The fourth-order valence-electron chi connectivity index (χ4n) is 4.55. The van der Waals surface area contributed by atoms with Gasteiger partial charge >= 0.3 is 8.80 Å². The molecule has 0 aliphatic heterocycles. The van der Waals surface area contributed by atoms with E-state index in [1.54, 1.807) is 11.8 Å². The summed E-state index contributed by atoms with van der Waals surface area (Å²) in [6, 6.07) is 0.891. The van der Waals surface area contributed by atoms with Crippen molar-refractivity contribution in [2.45, 2.75) is 149 Å². The predicted molar refractivity (Wildman–Crippen MR) is 169 cm³/mol. The predicted octanol–water partition coefficient (Wildman–Crippen LogP) is 10.1. The van der Waals surface area contributed by atoms with E-state index < -0.39 is 8.80 Å². The third kappa shape index (κ3) is 25.2. The van der Waals surface area contributed by atoms with Crippen molar-refractivity contribution in [3.63, 3.8) is 0 Å². The third-order valence-corrected chi connectivity index (χ3v) is 11.9. The van der Waals surface area contributed by atoms with E-state index in [-0.39, 0.29) is 0 Å². The van der Waals surface area contributed by atoms with E-state index in [1.165, 1.54) is 89.9 Å². The van der Waals surface area contributed by atoms with Crippen LogP contribution in [0.2, 0.25) is 6.04 Å². The second-order valence-electron chi connectivity index (χ2n) is 9.97. The molecule has 222 valence electrons. The number of carbonyl (C=O) groups excluding carboxylic acids is 1. The van der Waals surface area contributed by atoms with E-state index in [4.69, 9.17) is 13.3 Å². The first-order valence-electron chi connectivity index (χ1n) is 15.8. The van der Waals surface area contributed by atoms with Gasteiger partial charge in [-0.05, 0) is 51.5 Å². The molecule has 0 unspecified atom stereocenters. The summed E-state index contributed by atoms with van der Waals surface area (Å²) in [5.41, 5.74) is 0. The highest BCUT2D eigenvalue weighted by molar-refractivity contribution is 8.13. The topological polar surface area (TPSA) is 44.8 Å². The van der Waals surface area contributed by atoms with Crippen LogP contribution in [0, 0.1) is 0 Å². The summed E-state index contributed by atoms with van der Waals surface area (Å²) in [4.78, 5) is 12.1. The minimum atomic E-state index is -2.49. The van der Waals surface area contributed by atoms with Crippen LogP contribution >= 0.6 is 23.5 Å². The van der Waals surface area contributed by atoms with Gasteiger partial charge < -0.3 is 13.3 Å². The molecule has 0 spiro atoms. The standard InChI is InChI=1S/C30H62O4S2Si/c1-5-9-10-11-12-13-14-15-16-17-18-19-20-21-22-25-30(31)36-28-23-26-35-27-24-29-37(32-6-2,33-7-3)34-8-4/h5-29H2,1-4H3. The molecule has 0 heterocycles. The molecule has 0 N–H and O–H groups in total. The third-order valence-electron chi connectivity index (χ3n) is 6.54. The molecule has 0 aliphatic rings. The number of unbranched alkanes of at least 4 members (excludes halogenated alkanes) is 14. The molecular weight excluding hydrogens is 517 g/mol. The van der Waals surface area contributed by atoms with Gasteiger partial charge in [-0.25, -0.2) is 0 Å². The molecule has 0 amide bonds. The number of hydrogen-bond donors (Lipinski definition) is 0. The molecule has 0 bridgehead atoms. The van der Waals surface area contributed by atoms with Crippen LogP contribution in [-0.4, -0.2) is 51.0 Å². The zero-order valence-corrected chi connectivity index (χ0v) is 27.8. The number of carbonyl (C=O) groups is 1. The average Bonchev–Trinajstić information content (AvgIpc) is 2.88. The van der Waals surface area contributed by atoms with Gasteiger partial charge in [-0.15, -0.1) is 0 Å². The lowest BCUT2D eigenvalue weighted by Crippen LogP contribution is -2.46. The van der Waals surface area contributed by atoms with E-state index in [1.807, 2.05) is 32.5 Å².